The lowest BCUT2D eigenvalue weighted by molar-refractivity contribution is 0.0940. The van der Waals surface area contributed by atoms with Crippen LogP contribution < -0.4 is 20.3 Å². The van der Waals surface area contributed by atoms with Gasteiger partial charge in [-0.1, -0.05) is 25.1 Å². The van der Waals surface area contributed by atoms with E-state index >= 15 is 0 Å². The summed E-state index contributed by atoms with van der Waals surface area (Å²) >= 11 is 0. The van der Waals surface area contributed by atoms with Crippen molar-refractivity contribution in [1.82, 2.24) is 20.1 Å². The van der Waals surface area contributed by atoms with Gasteiger partial charge in [0.2, 0.25) is 0 Å². The van der Waals surface area contributed by atoms with Gasteiger partial charge in [0.1, 0.15) is 0 Å². The van der Waals surface area contributed by atoms with E-state index in [2.05, 4.69) is 22.3 Å². The lowest BCUT2D eigenvalue weighted by Gasteiger charge is -2.17. The van der Waals surface area contributed by atoms with Crippen molar-refractivity contribution in [3.05, 3.63) is 93.9 Å². The summed E-state index contributed by atoms with van der Waals surface area (Å²) < 4.78 is 12.2. The standard InChI is InChI=1S/C29H28N4O4/c1-5-18-6-10-21(11-7-18)33-29(35)23-16-30-24-12-8-20(14-22(24)27(23)32-33)28(34)31-17(2)19-9-13-25(36-3)26(15-19)37-4/h6-17,32H,5H2,1-4H3,(H,31,34)/t17-/m1/s1. The average Bonchev–Trinajstić information content (AvgIpc) is 3.28. The third kappa shape index (κ3) is 4.42. The summed E-state index contributed by atoms with van der Waals surface area (Å²) in [7, 11) is 3.16. The van der Waals surface area contributed by atoms with Crippen LogP contribution >= 0.6 is 0 Å². The summed E-state index contributed by atoms with van der Waals surface area (Å²) in [6.45, 7) is 3.99. The van der Waals surface area contributed by atoms with Crippen molar-refractivity contribution < 1.29 is 14.3 Å². The van der Waals surface area contributed by atoms with Crippen molar-refractivity contribution in [3.63, 3.8) is 0 Å². The molecule has 5 aromatic rings. The van der Waals surface area contributed by atoms with Crippen LogP contribution in [-0.2, 0) is 6.42 Å². The summed E-state index contributed by atoms with van der Waals surface area (Å²) in [6, 6.07) is 18.4. The molecular weight excluding hydrogens is 468 g/mol. The normalized spacial score (nSPS) is 12.0. The fourth-order valence-corrected chi connectivity index (χ4v) is 4.45. The van der Waals surface area contributed by atoms with Crippen LogP contribution in [0.4, 0.5) is 0 Å². The van der Waals surface area contributed by atoms with E-state index in [1.165, 1.54) is 10.2 Å². The molecule has 188 valence electrons. The minimum atomic E-state index is -0.274. The smallest absolute Gasteiger partial charge is 0.280 e. The van der Waals surface area contributed by atoms with Crippen LogP contribution in [0.2, 0.25) is 0 Å². The van der Waals surface area contributed by atoms with Gasteiger partial charge in [0.15, 0.2) is 11.5 Å². The Labute approximate surface area is 213 Å². The second-order valence-electron chi connectivity index (χ2n) is 8.86. The SMILES string of the molecule is CCc1ccc(-n2[nH]c3c(cnc4ccc(C(=O)N[C@H](C)c5ccc(OC)c(OC)c5)cc43)c2=O)cc1. The number of carbonyl (C=O) groups is 1. The first kappa shape index (κ1) is 24.1. The quantitative estimate of drug-likeness (QED) is 0.333. The Bertz CT molecular complexity index is 1670. The lowest BCUT2D eigenvalue weighted by atomic mass is 10.1. The number of carbonyl (C=O) groups excluding carboxylic acids is 1. The number of rotatable bonds is 7. The maximum absolute atomic E-state index is 13.2. The Hall–Kier alpha value is -4.59. The predicted molar refractivity (Wildman–Crippen MR) is 144 cm³/mol. The number of aromatic amines is 1. The van der Waals surface area contributed by atoms with Gasteiger partial charge in [0.25, 0.3) is 11.5 Å². The molecular formula is C29H28N4O4. The third-order valence-corrected chi connectivity index (χ3v) is 6.65. The molecule has 0 bridgehead atoms. The Morgan fingerprint density at radius 2 is 1.76 bits per heavy atom. The first-order valence-electron chi connectivity index (χ1n) is 12.1. The zero-order chi connectivity index (χ0) is 26.1. The Balaban J connectivity index is 1.48. The molecule has 0 saturated carbocycles. The molecule has 0 radical (unpaired) electrons. The fourth-order valence-electron chi connectivity index (χ4n) is 4.45. The number of aromatic nitrogens is 3. The molecule has 1 atom stereocenters. The van der Waals surface area contributed by atoms with Gasteiger partial charge < -0.3 is 14.8 Å². The van der Waals surface area contributed by atoms with Crippen LogP contribution in [0.5, 0.6) is 11.5 Å². The molecule has 0 saturated heterocycles. The number of pyridine rings is 1. The second-order valence-corrected chi connectivity index (χ2v) is 8.86. The molecule has 0 unspecified atom stereocenters. The van der Waals surface area contributed by atoms with E-state index in [1.807, 2.05) is 49.4 Å². The minimum Gasteiger partial charge on any atom is -0.493 e. The summed E-state index contributed by atoms with van der Waals surface area (Å²) in [5.74, 6) is 0.981. The maximum Gasteiger partial charge on any atom is 0.280 e. The number of hydrogen-bond donors (Lipinski definition) is 2. The first-order valence-corrected chi connectivity index (χ1v) is 12.1. The van der Waals surface area contributed by atoms with Crippen molar-refractivity contribution in [2.75, 3.05) is 14.2 Å². The number of benzene rings is 3. The minimum absolute atomic E-state index is 0.189. The molecule has 2 aromatic heterocycles. The van der Waals surface area contributed by atoms with Gasteiger partial charge in [-0.25, -0.2) is 4.68 Å². The van der Waals surface area contributed by atoms with Gasteiger partial charge in [-0.05, 0) is 66.9 Å². The van der Waals surface area contributed by atoms with E-state index in [9.17, 15) is 9.59 Å². The van der Waals surface area contributed by atoms with Gasteiger partial charge in [0.05, 0.1) is 42.4 Å². The highest BCUT2D eigenvalue weighted by molar-refractivity contribution is 6.06. The molecule has 5 rings (SSSR count). The molecule has 2 heterocycles. The third-order valence-electron chi connectivity index (χ3n) is 6.65. The lowest BCUT2D eigenvalue weighted by Crippen LogP contribution is -2.26. The van der Waals surface area contributed by atoms with Crippen molar-refractivity contribution >= 4 is 27.7 Å². The largest absolute Gasteiger partial charge is 0.493 e. The molecule has 3 aromatic carbocycles. The molecule has 0 spiro atoms. The molecule has 1 amide bonds. The van der Waals surface area contributed by atoms with E-state index in [0.29, 0.717) is 38.9 Å². The molecule has 0 fully saturated rings. The van der Waals surface area contributed by atoms with Crippen LogP contribution in [0.1, 0.15) is 41.4 Å². The molecule has 0 aliphatic carbocycles. The van der Waals surface area contributed by atoms with E-state index in [4.69, 9.17) is 9.47 Å². The zero-order valence-corrected chi connectivity index (χ0v) is 21.2. The fraction of sp³-hybridized carbons (Fsp3) is 0.207. The maximum atomic E-state index is 13.2. The van der Waals surface area contributed by atoms with Crippen molar-refractivity contribution in [3.8, 4) is 17.2 Å². The van der Waals surface area contributed by atoms with Gasteiger partial charge in [-0.15, -0.1) is 0 Å². The number of ether oxygens (including phenoxy) is 2. The van der Waals surface area contributed by atoms with E-state index < -0.39 is 0 Å². The number of amides is 1. The van der Waals surface area contributed by atoms with Crippen molar-refractivity contribution in [2.45, 2.75) is 26.3 Å². The van der Waals surface area contributed by atoms with Gasteiger partial charge in [0, 0.05) is 17.1 Å². The Morgan fingerprint density at radius 1 is 1.00 bits per heavy atom. The van der Waals surface area contributed by atoms with E-state index in [-0.39, 0.29) is 17.5 Å². The van der Waals surface area contributed by atoms with Crippen molar-refractivity contribution in [2.24, 2.45) is 0 Å². The number of fused-ring (bicyclic) bond motifs is 3. The van der Waals surface area contributed by atoms with Gasteiger partial charge in [-0.3, -0.25) is 19.7 Å². The summed E-state index contributed by atoms with van der Waals surface area (Å²) in [5, 5.41) is 7.42. The molecule has 0 aliphatic rings. The molecule has 8 nitrogen and oxygen atoms in total. The summed E-state index contributed by atoms with van der Waals surface area (Å²) in [6.07, 6.45) is 2.50. The molecule has 0 aliphatic heterocycles. The molecule has 8 heteroatoms. The van der Waals surface area contributed by atoms with Gasteiger partial charge >= 0.3 is 0 Å². The number of nitrogens with zero attached hydrogens (tertiary/aromatic N) is 2. The highest BCUT2D eigenvalue weighted by atomic mass is 16.5. The molecule has 2 N–H and O–H groups in total. The average molecular weight is 497 g/mol. The second kappa shape index (κ2) is 9.81. The summed E-state index contributed by atoms with van der Waals surface area (Å²) in [4.78, 5) is 30.8. The topological polar surface area (TPSA) is 98.2 Å². The first-order chi connectivity index (χ1) is 17.9. The Kier molecular flexibility index (Phi) is 6.40. The van der Waals surface area contributed by atoms with Crippen LogP contribution in [0.3, 0.4) is 0 Å². The van der Waals surface area contributed by atoms with Crippen LogP contribution in [0.25, 0.3) is 27.5 Å². The highest BCUT2D eigenvalue weighted by Gasteiger charge is 2.17. The Morgan fingerprint density at radius 3 is 2.46 bits per heavy atom. The molecule has 37 heavy (non-hydrogen) atoms. The van der Waals surface area contributed by atoms with Crippen LogP contribution in [-0.4, -0.2) is 34.9 Å². The van der Waals surface area contributed by atoms with E-state index in [0.717, 1.165) is 17.7 Å². The zero-order valence-electron chi connectivity index (χ0n) is 21.2. The van der Waals surface area contributed by atoms with Crippen molar-refractivity contribution in [1.29, 1.82) is 0 Å². The highest BCUT2D eigenvalue weighted by Crippen LogP contribution is 2.30. The number of H-pyrrole nitrogens is 1. The van der Waals surface area contributed by atoms with Gasteiger partial charge in [-0.2, -0.15) is 0 Å². The van der Waals surface area contributed by atoms with Crippen LogP contribution in [0, 0.1) is 0 Å². The number of methoxy groups -OCH3 is 2. The number of nitrogens with one attached hydrogen (secondary N) is 2. The summed E-state index contributed by atoms with van der Waals surface area (Å²) in [5.41, 5.74) is 4.41. The van der Waals surface area contributed by atoms with E-state index in [1.54, 1.807) is 38.6 Å². The van der Waals surface area contributed by atoms with Crippen LogP contribution in [0.15, 0.2) is 71.7 Å². The number of aryl methyl sites for hydroxylation is 1. The predicted octanol–water partition coefficient (Wildman–Crippen LogP) is 4.94. The monoisotopic (exact) mass is 496 g/mol. The number of hydrogen-bond acceptors (Lipinski definition) is 5.